The van der Waals surface area contributed by atoms with Crippen molar-refractivity contribution >= 4 is 0 Å². The Kier molecular flexibility index (Phi) is 23.0. The minimum Gasteiger partial charge on any atom is -0.0885 e. The van der Waals surface area contributed by atoms with Gasteiger partial charge in [-0.05, 0) is 51.4 Å². The van der Waals surface area contributed by atoms with Gasteiger partial charge >= 0.3 is 0 Å². The molecule has 0 unspecified atom stereocenters. The van der Waals surface area contributed by atoms with Crippen LogP contribution in [0.3, 0.4) is 0 Å². The zero-order valence-electron chi connectivity index (χ0n) is 18.1. The first-order valence-corrected chi connectivity index (χ1v) is 11.3. The maximum absolute atomic E-state index is 2.35. The molecule has 0 rings (SSSR count). The lowest BCUT2D eigenvalue weighted by atomic mass is 10.1. The highest BCUT2D eigenvalue weighted by molar-refractivity contribution is 5.01. The molecule has 0 N–H and O–H groups in total. The van der Waals surface area contributed by atoms with Gasteiger partial charge in [0.05, 0.1) is 0 Å². The molecule has 0 aliphatic heterocycles. The van der Waals surface area contributed by atoms with Crippen molar-refractivity contribution in [1.29, 1.82) is 0 Å². The van der Waals surface area contributed by atoms with E-state index in [1.165, 1.54) is 44.9 Å². The van der Waals surface area contributed by atoms with Gasteiger partial charge in [0.1, 0.15) is 0 Å². The highest BCUT2D eigenvalue weighted by atomic mass is 13.9. The van der Waals surface area contributed by atoms with Gasteiger partial charge in [-0.25, -0.2) is 0 Å². The molecule has 0 bridgehead atoms. The zero-order chi connectivity index (χ0) is 19.7. The fraction of sp³-hybridized carbons (Fsp3) is 0.556. The van der Waals surface area contributed by atoms with E-state index in [4.69, 9.17) is 0 Å². The third-order valence-electron chi connectivity index (χ3n) is 4.32. The van der Waals surface area contributed by atoms with Crippen LogP contribution in [0, 0.1) is 0 Å². The van der Waals surface area contributed by atoms with Crippen LogP contribution in [0.4, 0.5) is 0 Å². The Bertz CT molecular complexity index is 443. The van der Waals surface area contributed by atoms with E-state index >= 15 is 0 Å². The van der Waals surface area contributed by atoms with Gasteiger partial charge in [-0.3, -0.25) is 0 Å². The summed E-state index contributed by atoms with van der Waals surface area (Å²) in [4.78, 5) is 0. The quantitative estimate of drug-likeness (QED) is 0.167. The van der Waals surface area contributed by atoms with Crippen LogP contribution in [0.15, 0.2) is 72.9 Å². The molecule has 0 saturated carbocycles. The number of rotatable bonds is 18. The van der Waals surface area contributed by atoms with E-state index < -0.39 is 0 Å². The predicted octanol–water partition coefficient (Wildman–Crippen LogP) is 9.43. The molecule has 0 spiro atoms. The Morgan fingerprint density at radius 1 is 0.370 bits per heavy atom. The number of hydrogen-bond acceptors (Lipinski definition) is 0. The molecule has 27 heavy (non-hydrogen) atoms. The van der Waals surface area contributed by atoms with Crippen molar-refractivity contribution in [3.63, 3.8) is 0 Å². The van der Waals surface area contributed by atoms with E-state index in [0.717, 1.165) is 38.5 Å². The van der Waals surface area contributed by atoms with Crippen LogP contribution in [0.1, 0.15) is 97.3 Å². The van der Waals surface area contributed by atoms with E-state index in [1.807, 2.05) is 0 Å². The SMILES string of the molecule is CCC=CCC=CCC=CCC=CCC=CCC=CCCCCCCCC. The van der Waals surface area contributed by atoms with Crippen molar-refractivity contribution < 1.29 is 0 Å². The maximum Gasteiger partial charge on any atom is -0.0169 e. The van der Waals surface area contributed by atoms with Crippen LogP contribution in [-0.2, 0) is 0 Å². The summed E-state index contributed by atoms with van der Waals surface area (Å²) in [6, 6.07) is 0. The van der Waals surface area contributed by atoms with Crippen LogP contribution in [-0.4, -0.2) is 0 Å². The smallest absolute Gasteiger partial charge is 0.0169 e. The lowest BCUT2D eigenvalue weighted by Gasteiger charge is -1.97. The van der Waals surface area contributed by atoms with Crippen molar-refractivity contribution in [3.8, 4) is 0 Å². The summed E-state index contributed by atoms with van der Waals surface area (Å²) < 4.78 is 0. The molecule has 0 aromatic rings. The van der Waals surface area contributed by atoms with Crippen molar-refractivity contribution in [1.82, 2.24) is 0 Å². The minimum atomic E-state index is 1.04. The largest absolute Gasteiger partial charge is 0.0885 e. The molecule has 0 nitrogen and oxygen atoms in total. The van der Waals surface area contributed by atoms with Crippen LogP contribution in [0.2, 0.25) is 0 Å². The standard InChI is InChI=1S/C27H44/c1-3-5-7-9-11-13-15-17-19-21-23-25-27-26-24-22-20-18-16-14-12-10-8-6-4-2/h5,7,11,13,17-20,23-26H,3-4,6,8-10,12,14-16,21-22,27H2,1-2H3. The second-order valence-corrected chi connectivity index (χ2v) is 6.97. The lowest BCUT2D eigenvalue weighted by molar-refractivity contribution is 0.611. The number of unbranched alkanes of at least 4 members (excludes halogenated alkanes) is 6. The topological polar surface area (TPSA) is 0 Å². The Morgan fingerprint density at radius 2 is 0.741 bits per heavy atom. The number of hydrogen-bond donors (Lipinski definition) is 0. The predicted molar refractivity (Wildman–Crippen MR) is 126 cm³/mol. The highest BCUT2D eigenvalue weighted by Crippen LogP contribution is 2.07. The van der Waals surface area contributed by atoms with Crippen molar-refractivity contribution in [2.45, 2.75) is 97.3 Å². The van der Waals surface area contributed by atoms with E-state index in [9.17, 15) is 0 Å². The van der Waals surface area contributed by atoms with E-state index in [0.29, 0.717) is 0 Å². The molecular weight excluding hydrogens is 324 g/mol. The van der Waals surface area contributed by atoms with Gasteiger partial charge in [0.15, 0.2) is 0 Å². The van der Waals surface area contributed by atoms with Gasteiger partial charge in [0.25, 0.3) is 0 Å². The molecule has 0 aliphatic rings. The normalized spacial score (nSPS) is 13.1. The summed E-state index contributed by atoms with van der Waals surface area (Å²) in [5.74, 6) is 0. The van der Waals surface area contributed by atoms with Crippen LogP contribution in [0.5, 0.6) is 0 Å². The Hall–Kier alpha value is -1.56. The third-order valence-corrected chi connectivity index (χ3v) is 4.32. The summed E-state index contributed by atoms with van der Waals surface area (Å²) >= 11 is 0. The maximum atomic E-state index is 2.35. The summed E-state index contributed by atoms with van der Waals surface area (Å²) in [6.07, 6.45) is 43.1. The first kappa shape index (κ1) is 25.4. The minimum absolute atomic E-state index is 1.04. The Morgan fingerprint density at radius 3 is 1.19 bits per heavy atom. The van der Waals surface area contributed by atoms with Crippen LogP contribution >= 0.6 is 0 Å². The molecule has 0 fully saturated rings. The Labute approximate surface area is 170 Å². The molecular formula is C27H44. The number of allylic oxidation sites excluding steroid dienone is 12. The fourth-order valence-electron chi connectivity index (χ4n) is 2.68. The van der Waals surface area contributed by atoms with E-state index in [1.54, 1.807) is 0 Å². The van der Waals surface area contributed by atoms with E-state index in [-0.39, 0.29) is 0 Å². The molecule has 0 atom stereocenters. The monoisotopic (exact) mass is 368 g/mol. The lowest BCUT2D eigenvalue weighted by Crippen LogP contribution is -1.77. The van der Waals surface area contributed by atoms with Crippen molar-refractivity contribution in [2.24, 2.45) is 0 Å². The van der Waals surface area contributed by atoms with Gasteiger partial charge in [-0.15, -0.1) is 0 Å². The molecule has 152 valence electrons. The van der Waals surface area contributed by atoms with Gasteiger partial charge in [0, 0.05) is 0 Å². The van der Waals surface area contributed by atoms with Gasteiger partial charge in [-0.1, -0.05) is 119 Å². The molecule has 0 saturated heterocycles. The highest BCUT2D eigenvalue weighted by Gasteiger charge is 1.87. The summed E-state index contributed by atoms with van der Waals surface area (Å²) in [6.45, 7) is 4.44. The summed E-state index contributed by atoms with van der Waals surface area (Å²) in [5, 5.41) is 0. The molecule has 0 aromatic heterocycles. The average molecular weight is 369 g/mol. The van der Waals surface area contributed by atoms with Gasteiger partial charge in [0.2, 0.25) is 0 Å². The van der Waals surface area contributed by atoms with Gasteiger partial charge in [-0.2, -0.15) is 0 Å². The second-order valence-electron chi connectivity index (χ2n) is 6.97. The van der Waals surface area contributed by atoms with Crippen LogP contribution in [0.25, 0.3) is 0 Å². The zero-order valence-corrected chi connectivity index (χ0v) is 18.1. The van der Waals surface area contributed by atoms with Crippen molar-refractivity contribution in [2.75, 3.05) is 0 Å². The van der Waals surface area contributed by atoms with Gasteiger partial charge < -0.3 is 0 Å². The molecule has 0 heterocycles. The molecule has 0 heteroatoms. The molecule has 0 radical (unpaired) electrons. The second kappa shape index (κ2) is 24.4. The summed E-state index contributed by atoms with van der Waals surface area (Å²) in [5.41, 5.74) is 0. The molecule has 0 aliphatic carbocycles. The van der Waals surface area contributed by atoms with Crippen molar-refractivity contribution in [3.05, 3.63) is 72.9 Å². The Balaban J connectivity index is 3.43. The third kappa shape index (κ3) is 24.4. The van der Waals surface area contributed by atoms with E-state index in [2.05, 4.69) is 86.8 Å². The fourth-order valence-corrected chi connectivity index (χ4v) is 2.68. The average Bonchev–Trinajstić information content (AvgIpc) is 2.68. The summed E-state index contributed by atoms with van der Waals surface area (Å²) in [7, 11) is 0. The molecule has 0 aromatic carbocycles. The first-order valence-electron chi connectivity index (χ1n) is 11.3. The molecule has 0 amide bonds. The van der Waals surface area contributed by atoms with Crippen LogP contribution < -0.4 is 0 Å². The first-order chi connectivity index (χ1) is 13.4.